The van der Waals surface area contributed by atoms with Gasteiger partial charge in [-0.15, -0.1) is 0 Å². The van der Waals surface area contributed by atoms with Crippen molar-refractivity contribution in [3.05, 3.63) is 127 Å². The Morgan fingerprint density at radius 1 is 0.600 bits per heavy atom. The summed E-state index contributed by atoms with van der Waals surface area (Å²) in [5.74, 6) is 2.95. The number of alkyl halides is 3. The van der Waals surface area contributed by atoms with Gasteiger partial charge in [0.25, 0.3) is 0 Å². The van der Waals surface area contributed by atoms with Gasteiger partial charge in [0.1, 0.15) is 0 Å². The van der Waals surface area contributed by atoms with Gasteiger partial charge in [0.15, 0.2) is 0 Å². The molecule has 0 aliphatic rings. The fourth-order valence-electron chi connectivity index (χ4n) is 3.86. The second-order valence-corrected chi connectivity index (χ2v) is 13.4. The van der Waals surface area contributed by atoms with Gasteiger partial charge >= 0.3 is 202 Å². The van der Waals surface area contributed by atoms with Crippen LogP contribution >= 0.6 is 6.83 Å². The summed E-state index contributed by atoms with van der Waals surface area (Å²) in [4.78, 5) is 0. The van der Waals surface area contributed by atoms with Gasteiger partial charge < -0.3 is 0 Å². The standard InChI is InChI=1S/C27H20F3O3PS/c28-27(29,30)35(31,32)33-34(24-15-7-2-8-16-24,25-17-9-3-10-18-25,26-19-11-4-12-20-26)22-21-23-13-5-1-6-14-23/h1-20H. The number of benzene rings is 4. The first-order chi connectivity index (χ1) is 16.7. The monoisotopic (exact) mass is 512 g/mol. The van der Waals surface area contributed by atoms with E-state index in [2.05, 4.69) is 11.6 Å². The second kappa shape index (κ2) is 9.31. The molecule has 0 aliphatic carbocycles. The number of hydrogen-bond acceptors (Lipinski definition) is 3. The molecule has 0 amide bonds. The minimum absolute atomic E-state index is 0.229. The van der Waals surface area contributed by atoms with Gasteiger partial charge in [0.2, 0.25) is 0 Å². The molecular formula is C27H20F3O3PS. The summed E-state index contributed by atoms with van der Waals surface area (Å²) < 4.78 is 72.9. The Hall–Kier alpha value is -3.43. The normalized spacial score (nSPS) is 13.2. The van der Waals surface area contributed by atoms with Crippen LogP contribution in [0.2, 0.25) is 0 Å². The molecule has 3 nitrogen and oxygen atoms in total. The van der Waals surface area contributed by atoms with E-state index in [4.69, 9.17) is 3.97 Å². The molecule has 4 rings (SSSR count). The molecule has 0 saturated carbocycles. The summed E-state index contributed by atoms with van der Waals surface area (Å²) in [7, 11) is -6.11. The Morgan fingerprint density at radius 3 is 1.29 bits per heavy atom. The molecule has 0 fully saturated rings. The number of rotatable bonds is 5. The predicted molar refractivity (Wildman–Crippen MR) is 135 cm³/mol. The van der Waals surface area contributed by atoms with E-state index < -0.39 is 22.5 Å². The minimum atomic E-state index is -6.11. The van der Waals surface area contributed by atoms with Crippen LogP contribution in [-0.4, -0.2) is 13.9 Å². The summed E-state index contributed by atoms with van der Waals surface area (Å²) >= 11 is 0. The van der Waals surface area contributed by atoms with E-state index >= 15 is 0 Å². The molecule has 4 aromatic rings. The van der Waals surface area contributed by atoms with Crippen molar-refractivity contribution in [3.63, 3.8) is 0 Å². The molecule has 4 aromatic carbocycles. The third-order valence-corrected chi connectivity index (χ3v) is 12.4. The molecule has 0 aliphatic heterocycles. The fourth-order valence-corrected chi connectivity index (χ4v) is 10.8. The Kier molecular flexibility index (Phi) is 6.57. The molecule has 0 radical (unpaired) electrons. The van der Waals surface area contributed by atoms with Crippen molar-refractivity contribution in [1.29, 1.82) is 0 Å². The van der Waals surface area contributed by atoms with E-state index in [0.29, 0.717) is 5.56 Å². The number of halogens is 3. The van der Waals surface area contributed by atoms with Crippen LogP contribution in [0.1, 0.15) is 5.56 Å². The molecule has 0 bridgehead atoms. The maximum absolute atomic E-state index is 13.9. The van der Waals surface area contributed by atoms with Gasteiger partial charge in [0, 0.05) is 0 Å². The number of hydrogen-bond donors (Lipinski definition) is 0. The molecule has 0 unspecified atom stereocenters. The van der Waals surface area contributed by atoms with Gasteiger partial charge in [-0.2, -0.15) is 0 Å². The summed E-state index contributed by atoms with van der Waals surface area (Å²) in [6, 6.07) is 32.8. The van der Waals surface area contributed by atoms with Gasteiger partial charge in [0.05, 0.1) is 0 Å². The molecular weight excluding hydrogens is 492 g/mol. The molecule has 0 saturated heterocycles. The van der Waals surface area contributed by atoms with Gasteiger partial charge in [-0.25, -0.2) is 0 Å². The van der Waals surface area contributed by atoms with Gasteiger partial charge in [-0.05, 0) is 0 Å². The average molecular weight is 512 g/mol. The van der Waals surface area contributed by atoms with Crippen molar-refractivity contribution in [2.45, 2.75) is 5.51 Å². The van der Waals surface area contributed by atoms with Crippen LogP contribution in [0.15, 0.2) is 121 Å². The average Bonchev–Trinajstić information content (AvgIpc) is 2.88. The van der Waals surface area contributed by atoms with E-state index in [1.54, 1.807) is 121 Å². The van der Waals surface area contributed by atoms with Crippen LogP contribution in [0.25, 0.3) is 0 Å². The van der Waals surface area contributed by atoms with E-state index in [1.807, 2.05) is 0 Å². The van der Waals surface area contributed by atoms with E-state index in [0.717, 1.165) is 0 Å². The van der Waals surface area contributed by atoms with E-state index in [-0.39, 0.29) is 15.9 Å². The first-order valence-electron chi connectivity index (χ1n) is 10.5. The maximum atomic E-state index is 13.9. The van der Waals surface area contributed by atoms with Crippen molar-refractivity contribution < 1.29 is 25.6 Å². The molecule has 0 aromatic heterocycles. The summed E-state index contributed by atoms with van der Waals surface area (Å²) in [5.41, 5.74) is -2.15. The molecule has 0 N–H and O–H groups in total. The van der Waals surface area contributed by atoms with Crippen LogP contribution < -0.4 is 15.9 Å². The van der Waals surface area contributed by atoms with Crippen molar-refractivity contribution in [1.82, 2.24) is 0 Å². The fraction of sp³-hybridized carbons (Fsp3) is 0.0370. The second-order valence-electron chi connectivity index (χ2n) is 7.62. The molecule has 0 heterocycles. The Morgan fingerprint density at radius 2 is 0.943 bits per heavy atom. The topological polar surface area (TPSA) is 43.4 Å². The summed E-state index contributed by atoms with van der Waals surface area (Å²) in [6.07, 6.45) is 0. The zero-order chi connectivity index (χ0) is 25.0. The van der Waals surface area contributed by atoms with E-state index in [1.165, 1.54) is 0 Å². The first-order valence-corrected chi connectivity index (χ1v) is 14.1. The third kappa shape index (κ3) is 4.37. The zero-order valence-corrected chi connectivity index (χ0v) is 20.0. The SMILES string of the molecule is O=S(=O)(OP(C#Cc1ccccc1)(c1ccccc1)(c1ccccc1)c1ccccc1)C(F)(F)F. The Balaban J connectivity index is 2.27. The first kappa shape index (κ1) is 24.7. The van der Waals surface area contributed by atoms with Gasteiger partial charge in [-0.1, -0.05) is 0 Å². The molecule has 178 valence electrons. The molecule has 35 heavy (non-hydrogen) atoms. The quantitative estimate of drug-likeness (QED) is 0.207. The molecule has 8 heteroatoms. The zero-order valence-electron chi connectivity index (χ0n) is 18.3. The van der Waals surface area contributed by atoms with Crippen LogP contribution in [0.5, 0.6) is 0 Å². The molecule has 0 atom stereocenters. The van der Waals surface area contributed by atoms with E-state index in [9.17, 15) is 21.6 Å². The van der Waals surface area contributed by atoms with Crippen LogP contribution in [0, 0.1) is 11.6 Å². The Bertz CT molecular complexity index is 1370. The van der Waals surface area contributed by atoms with Crippen molar-refractivity contribution in [2.75, 3.05) is 0 Å². The summed E-state index contributed by atoms with van der Waals surface area (Å²) in [6.45, 7) is -5.10. The van der Waals surface area contributed by atoms with Gasteiger partial charge in [-0.3, -0.25) is 0 Å². The molecule has 0 spiro atoms. The van der Waals surface area contributed by atoms with Crippen LogP contribution in [0.3, 0.4) is 0 Å². The third-order valence-electron chi connectivity index (χ3n) is 5.46. The summed E-state index contributed by atoms with van der Waals surface area (Å²) in [5, 5.41) is 0.687. The van der Waals surface area contributed by atoms with Crippen LogP contribution in [0.4, 0.5) is 13.2 Å². The van der Waals surface area contributed by atoms with Crippen molar-refractivity contribution in [2.24, 2.45) is 0 Å². The predicted octanol–water partition coefficient (Wildman–Crippen LogP) is 5.31. The Labute approximate surface area is 202 Å². The van der Waals surface area contributed by atoms with Crippen molar-refractivity contribution >= 4 is 32.9 Å². The van der Waals surface area contributed by atoms with Crippen molar-refractivity contribution in [3.8, 4) is 11.6 Å². The van der Waals surface area contributed by atoms with Crippen LogP contribution in [-0.2, 0) is 14.1 Å².